The molecule has 1 aromatic heterocycles. The minimum atomic E-state index is -2.91. The second-order valence-electron chi connectivity index (χ2n) is 8.94. The molecule has 0 bridgehead atoms. The van der Waals surface area contributed by atoms with Crippen molar-refractivity contribution >= 4 is 11.6 Å². The van der Waals surface area contributed by atoms with Crippen molar-refractivity contribution in [2.24, 2.45) is 5.92 Å². The molecular formula is C20H28F2N4O. The summed E-state index contributed by atoms with van der Waals surface area (Å²) in [7, 11) is 0. The molecule has 2 fully saturated rings. The fourth-order valence-electron chi connectivity index (χ4n) is 4.25. The molecule has 1 amide bonds. The zero-order chi connectivity index (χ0) is 19.4. The van der Waals surface area contributed by atoms with Crippen LogP contribution in [0.3, 0.4) is 0 Å². The van der Waals surface area contributed by atoms with Crippen LogP contribution in [0.1, 0.15) is 44.9 Å². The monoisotopic (exact) mass is 378 g/mol. The molecule has 3 heterocycles. The number of fused-ring (bicyclic) bond motifs is 1. The highest BCUT2D eigenvalue weighted by Crippen LogP contribution is 2.50. The molecular weight excluding hydrogens is 350 g/mol. The van der Waals surface area contributed by atoms with Gasteiger partial charge in [0.1, 0.15) is 5.69 Å². The Morgan fingerprint density at radius 1 is 1.41 bits per heavy atom. The number of nitrogens with zero attached hydrogens (tertiary/aromatic N) is 3. The molecule has 1 atom stereocenters. The van der Waals surface area contributed by atoms with E-state index in [2.05, 4.69) is 22.1 Å². The number of piperazine rings is 1. The molecule has 4 rings (SSSR count). The van der Waals surface area contributed by atoms with Gasteiger partial charge in [-0.05, 0) is 25.8 Å². The lowest BCUT2D eigenvalue weighted by atomic mass is 9.88. The van der Waals surface area contributed by atoms with Gasteiger partial charge < -0.3 is 10.2 Å². The summed E-state index contributed by atoms with van der Waals surface area (Å²) in [6, 6.07) is 1.81. The van der Waals surface area contributed by atoms with Gasteiger partial charge >= 0.3 is 0 Å². The molecule has 1 aliphatic carbocycles. The summed E-state index contributed by atoms with van der Waals surface area (Å²) in [6.45, 7) is 9.49. The predicted molar refractivity (Wildman–Crippen MR) is 100 cm³/mol. The molecule has 5 nitrogen and oxygen atoms in total. The fourth-order valence-corrected chi connectivity index (χ4v) is 4.25. The molecule has 0 spiro atoms. The van der Waals surface area contributed by atoms with Crippen molar-refractivity contribution in [2.45, 2.75) is 51.0 Å². The van der Waals surface area contributed by atoms with Crippen LogP contribution < -0.4 is 10.2 Å². The van der Waals surface area contributed by atoms with Crippen molar-refractivity contribution in [3.63, 3.8) is 0 Å². The standard InChI is InChI=1S/C20H28F2N4O/c1-13-10-25(7-6-23-13)11-18(27)26-12-19(2,3)15-9-24-17(8-16(15)26)20(21,22)14-4-5-14/h8-9,13-14,23H,4-7,10-12H2,1-3H3. The lowest BCUT2D eigenvalue weighted by Crippen LogP contribution is -2.52. The Balaban J connectivity index is 1.59. The van der Waals surface area contributed by atoms with Gasteiger partial charge in [-0.25, -0.2) is 0 Å². The van der Waals surface area contributed by atoms with Crippen LogP contribution in [0.2, 0.25) is 0 Å². The van der Waals surface area contributed by atoms with Crippen LogP contribution in [0.15, 0.2) is 12.3 Å². The molecule has 148 valence electrons. The molecule has 27 heavy (non-hydrogen) atoms. The van der Waals surface area contributed by atoms with Gasteiger partial charge in [-0.2, -0.15) is 8.78 Å². The Kier molecular flexibility index (Phi) is 4.50. The van der Waals surface area contributed by atoms with Crippen LogP contribution in [0.25, 0.3) is 0 Å². The first-order chi connectivity index (χ1) is 12.7. The number of aromatic nitrogens is 1. The van der Waals surface area contributed by atoms with Gasteiger partial charge in [-0.1, -0.05) is 13.8 Å². The molecule has 1 saturated carbocycles. The molecule has 0 radical (unpaired) electrons. The smallest absolute Gasteiger partial charge is 0.292 e. The Hall–Kier alpha value is -1.60. The van der Waals surface area contributed by atoms with E-state index in [1.165, 1.54) is 6.07 Å². The highest BCUT2D eigenvalue weighted by atomic mass is 19.3. The Morgan fingerprint density at radius 3 is 2.81 bits per heavy atom. The van der Waals surface area contributed by atoms with E-state index in [9.17, 15) is 13.6 Å². The van der Waals surface area contributed by atoms with Crippen molar-refractivity contribution in [1.29, 1.82) is 0 Å². The van der Waals surface area contributed by atoms with Gasteiger partial charge in [0, 0.05) is 55.3 Å². The quantitative estimate of drug-likeness (QED) is 0.875. The summed E-state index contributed by atoms with van der Waals surface area (Å²) in [5.74, 6) is -3.54. The van der Waals surface area contributed by atoms with Crippen molar-refractivity contribution < 1.29 is 13.6 Å². The lowest BCUT2D eigenvalue weighted by molar-refractivity contribution is -0.120. The maximum atomic E-state index is 14.6. The van der Waals surface area contributed by atoms with Crippen molar-refractivity contribution in [2.75, 3.05) is 37.6 Å². The number of alkyl halides is 2. The first-order valence-corrected chi connectivity index (χ1v) is 9.83. The number of halogens is 2. The van der Waals surface area contributed by atoms with Crippen LogP contribution in [0.5, 0.6) is 0 Å². The molecule has 3 aliphatic rings. The van der Waals surface area contributed by atoms with Crippen LogP contribution in [-0.2, 0) is 16.1 Å². The number of rotatable bonds is 4. The third-order valence-corrected chi connectivity index (χ3v) is 6.00. The van der Waals surface area contributed by atoms with Crippen LogP contribution in [0.4, 0.5) is 14.5 Å². The van der Waals surface area contributed by atoms with Crippen LogP contribution in [0, 0.1) is 5.92 Å². The first-order valence-electron chi connectivity index (χ1n) is 9.83. The summed E-state index contributed by atoms with van der Waals surface area (Å²) in [5, 5.41) is 3.37. The molecule has 1 N–H and O–H groups in total. The number of anilines is 1. The highest BCUT2D eigenvalue weighted by molar-refractivity contribution is 5.97. The topological polar surface area (TPSA) is 48.5 Å². The number of pyridine rings is 1. The fraction of sp³-hybridized carbons (Fsp3) is 0.700. The van der Waals surface area contributed by atoms with E-state index in [-0.39, 0.29) is 17.0 Å². The van der Waals surface area contributed by atoms with Gasteiger partial charge in [-0.3, -0.25) is 14.7 Å². The van der Waals surface area contributed by atoms with Crippen molar-refractivity contribution in [3.05, 3.63) is 23.5 Å². The molecule has 7 heteroatoms. The Bertz CT molecular complexity index is 747. The minimum absolute atomic E-state index is 0.0252. The van der Waals surface area contributed by atoms with E-state index in [1.807, 2.05) is 13.8 Å². The van der Waals surface area contributed by atoms with Crippen molar-refractivity contribution in [1.82, 2.24) is 15.2 Å². The summed E-state index contributed by atoms with van der Waals surface area (Å²) in [4.78, 5) is 21.0. The maximum Gasteiger partial charge on any atom is 0.292 e. The zero-order valence-electron chi connectivity index (χ0n) is 16.3. The third kappa shape index (κ3) is 3.47. The average Bonchev–Trinajstić information content (AvgIpc) is 3.41. The number of amides is 1. The van der Waals surface area contributed by atoms with Crippen LogP contribution in [-0.4, -0.2) is 54.6 Å². The largest absolute Gasteiger partial charge is 0.312 e. The van der Waals surface area contributed by atoms with Gasteiger partial charge in [0.15, 0.2) is 0 Å². The normalized spacial score (nSPS) is 25.5. The van der Waals surface area contributed by atoms with Gasteiger partial charge in [-0.15, -0.1) is 0 Å². The van der Waals surface area contributed by atoms with Crippen molar-refractivity contribution in [3.8, 4) is 0 Å². The maximum absolute atomic E-state index is 14.6. The summed E-state index contributed by atoms with van der Waals surface area (Å²) < 4.78 is 29.1. The van der Waals surface area contributed by atoms with Gasteiger partial charge in [0.2, 0.25) is 5.91 Å². The summed E-state index contributed by atoms with van der Waals surface area (Å²) in [5.41, 5.74) is 0.996. The second kappa shape index (κ2) is 6.48. The highest BCUT2D eigenvalue weighted by Gasteiger charge is 2.50. The predicted octanol–water partition coefficient (Wildman–Crippen LogP) is 2.50. The van der Waals surface area contributed by atoms with E-state index in [1.54, 1.807) is 11.1 Å². The van der Waals surface area contributed by atoms with Gasteiger partial charge in [0.05, 0.1) is 12.2 Å². The molecule has 1 unspecified atom stereocenters. The third-order valence-electron chi connectivity index (χ3n) is 6.00. The Labute approximate surface area is 159 Å². The lowest BCUT2D eigenvalue weighted by Gasteiger charge is -2.32. The van der Waals surface area contributed by atoms with E-state index in [0.29, 0.717) is 37.7 Å². The summed E-state index contributed by atoms with van der Waals surface area (Å²) in [6.07, 6.45) is 2.64. The average molecular weight is 378 g/mol. The Morgan fingerprint density at radius 2 is 2.15 bits per heavy atom. The zero-order valence-corrected chi connectivity index (χ0v) is 16.3. The van der Waals surface area contributed by atoms with Gasteiger partial charge in [0.25, 0.3) is 5.92 Å². The number of hydrogen-bond donors (Lipinski definition) is 1. The number of nitrogens with one attached hydrogen (secondary N) is 1. The summed E-state index contributed by atoms with van der Waals surface area (Å²) >= 11 is 0. The number of carbonyl (C=O) groups excluding carboxylic acids is 1. The van der Waals surface area contributed by atoms with E-state index in [4.69, 9.17) is 0 Å². The SMILES string of the molecule is CC1CN(CC(=O)N2CC(C)(C)c3cnc(C(F)(F)C4CC4)cc32)CCN1. The van der Waals surface area contributed by atoms with E-state index in [0.717, 1.165) is 25.2 Å². The molecule has 1 saturated heterocycles. The number of hydrogen-bond acceptors (Lipinski definition) is 4. The molecule has 2 aliphatic heterocycles. The van der Waals surface area contributed by atoms with E-state index < -0.39 is 11.8 Å². The number of carbonyl (C=O) groups is 1. The molecule has 0 aromatic carbocycles. The second-order valence-corrected chi connectivity index (χ2v) is 8.94. The minimum Gasteiger partial charge on any atom is -0.312 e. The molecule has 1 aromatic rings. The van der Waals surface area contributed by atoms with E-state index >= 15 is 0 Å². The van der Waals surface area contributed by atoms with Crippen LogP contribution >= 0.6 is 0 Å². The first kappa shape index (κ1) is 18.7.